The van der Waals surface area contributed by atoms with Crippen LogP contribution in [0.3, 0.4) is 0 Å². The highest BCUT2D eigenvalue weighted by Gasteiger charge is 2.50. The van der Waals surface area contributed by atoms with Crippen LogP contribution in [0, 0.1) is 5.41 Å². The van der Waals surface area contributed by atoms with Crippen LogP contribution in [0.5, 0.6) is 0 Å². The van der Waals surface area contributed by atoms with Gasteiger partial charge in [0, 0.05) is 42.7 Å². The summed E-state index contributed by atoms with van der Waals surface area (Å²) in [6, 6.07) is 0. The third-order valence-corrected chi connectivity index (χ3v) is 12.0. The Morgan fingerprint density at radius 2 is 1.59 bits per heavy atom. The lowest BCUT2D eigenvalue weighted by Gasteiger charge is -2.30. The first kappa shape index (κ1) is 55.8. The molecule has 2 aromatic rings. The predicted molar refractivity (Wildman–Crippen MR) is 213 cm³/mol. The van der Waals surface area contributed by atoms with Gasteiger partial charge < -0.3 is 66.2 Å². The second-order valence-electron chi connectivity index (χ2n) is 13.7. The first-order valence-corrected chi connectivity index (χ1v) is 23.3. The van der Waals surface area contributed by atoms with Crippen molar-refractivity contribution in [1.29, 1.82) is 0 Å². The minimum atomic E-state index is -5.59. The number of nitrogens with two attached hydrogens (primary N) is 1. The molecule has 1 aliphatic heterocycles. The second-order valence-corrected chi connectivity index (χ2v) is 19.1. The molecule has 0 radical (unpaired) electrons. The van der Waals surface area contributed by atoms with Gasteiger partial charge in [0.25, 0.3) is 0 Å². The Bertz CT molecular complexity index is 2170. The molecule has 3 heterocycles. The number of hydrogen-bond acceptors (Lipinski definition) is 21. The van der Waals surface area contributed by atoms with Crippen molar-refractivity contribution in [3.63, 3.8) is 0 Å². The lowest BCUT2D eigenvalue weighted by atomic mass is 9.87. The maximum atomic E-state index is 12.6. The standard InChI is InChI=1S/C25H40N7O19P3S.C5H6O4/c1-25(2,20(38)23(39)28-6-5-14(33)27-7-8-55-16(36)4-3-15(34)35)10-48-54(45,46)51-53(43,44)47-9-13-19(50-52(40,41)42)18(37)24(49-13)32-12-31-17-21(26)29-11-30-22(17)32;1-3(5(8)9)2-4(6)7/h11-13,18-20,24,37-38H,3-10H2,1-2H3,(H,27,33)(H,28,39)(H,34,35)(H,43,44)(H,45,46)(H2,26,29,30)(H2,40,41,42);1-2H2,(H,6,7)(H,8,9)/t13-,18-,19-,20+,24-;/m1./s1. The van der Waals surface area contributed by atoms with Crippen molar-refractivity contribution in [2.75, 3.05) is 37.8 Å². The van der Waals surface area contributed by atoms with Crippen LogP contribution in [0.1, 0.15) is 45.8 Å². The third-order valence-electron chi connectivity index (χ3n) is 7.97. The van der Waals surface area contributed by atoms with Crippen molar-refractivity contribution in [2.24, 2.45) is 5.41 Å². The van der Waals surface area contributed by atoms with Crippen LogP contribution in [-0.2, 0) is 65.1 Å². The van der Waals surface area contributed by atoms with E-state index in [1.165, 1.54) is 13.8 Å². The van der Waals surface area contributed by atoms with E-state index in [1.807, 2.05) is 0 Å². The second kappa shape index (κ2) is 24.3. The SMILES string of the molecule is C=C(CC(=O)O)C(=O)O.CC(C)(COP(=O)(O)OP(=O)(O)OC[C@H]1O[C@@H](n2cnc3c(N)ncnc32)[C@H](O)[C@@H]1OP(=O)(O)O)[C@@H](O)C(=O)NCCC(=O)NCCSC(=O)CCC(=O)O. The lowest BCUT2D eigenvalue weighted by Crippen LogP contribution is -2.46. The zero-order valence-corrected chi connectivity index (χ0v) is 37.0. The number of phosphoric acid groups is 3. The summed E-state index contributed by atoms with van der Waals surface area (Å²) in [6.07, 6.45) is -8.06. The Labute approximate surface area is 365 Å². The van der Waals surface area contributed by atoms with Gasteiger partial charge in [-0.05, 0) is 0 Å². The van der Waals surface area contributed by atoms with Crippen LogP contribution < -0.4 is 16.4 Å². The number of carbonyl (C=O) groups excluding carboxylic acids is 3. The fraction of sp³-hybridized carbons (Fsp3) is 0.567. The number of thioether (sulfide) groups is 1. The highest BCUT2D eigenvalue weighted by molar-refractivity contribution is 8.13. The monoisotopic (exact) mass is 997 g/mol. The van der Waals surface area contributed by atoms with Crippen molar-refractivity contribution in [2.45, 2.75) is 70.2 Å². The number of nitrogens with zero attached hydrogens (tertiary/aromatic N) is 4. The van der Waals surface area contributed by atoms with E-state index in [0.29, 0.717) is 0 Å². The van der Waals surface area contributed by atoms with Gasteiger partial charge in [0.2, 0.25) is 11.8 Å². The minimum Gasteiger partial charge on any atom is -0.481 e. The largest absolute Gasteiger partial charge is 0.481 e. The van der Waals surface area contributed by atoms with E-state index >= 15 is 0 Å². The number of imidazole rings is 1. The summed E-state index contributed by atoms with van der Waals surface area (Å²) in [5, 5.41) is 50.4. The number of aliphatic hydroxyl groups is 2. The normalized spacial score (nSPS) is 19.9. The number of ether oxygens (including phenoxy) is 1. The average molecular weight is 998 g/mol. The van der Waals surface area contributed by atoms with E-state index in [2.05, 4.69) is 41.0 Å². The summed E-state index contributed by atoms with van der Waals surface area (Å²) >= 11 is 0.849. The number of nitrogens with one attached hydrogen (secondary N) is 2. The Balaban J connectivity index is 0.00000140. The van der Waals surface area contributed by atoms with Crippen LogP contribution >= 0.6 is 35.2 Å². The minimum absolute atomic E-state index is 0.0197. The molecular weight excluding hydrogens is 951 g/mol. The first-order valence-electron chi connectivity index (χ1n) is 17.8. The van der Waals surface area contributed by atoms with E-state index in [-0.39, 0.29) is 65.8 Å². The summed E-state index contributed by atoms with van der Waals surface area (Å²) in [5.74, 6) is -4.96. The fourth-order valence-electron chi connectivity index (χ4n) is 4.83. The Morgan fingerprint density at radius 3 is 2.17 bits per heavy atom. The quantitative estimate of drug-likeness (QED) is 0.0310. The number of phosphoric ester groups is 3. The molecule has 2 unspecified atom stereocenters. The van der Waals surface area contributed by atoms with Crippen LogP contribution in [-0.4, -0.2) is 156 Å². The molecule has 0 aromatic carbocycles. The molecule has 0 spiro atoms. The van der Waals surface area contributed by atoms with Gasteiger partial charge in [-0.1, -0.05) is 32.2 Å². The molecular formula is C30H46N7O23P3S. The summed E-state index contributed by atoms with van der Waals surface area (Å²) in [4.78, 5) is 117. The van der Waals surface area contributed by atoms with Crippen LogP contribution in [0.25, 0.3) is 11.2 Å². The van der Waals surface area contributed by atoms with Crippen molar-refractivity contribution in [3.05, 3.63) is 24.8 Å². The molecule has 1 fully saturated rings. The highest BCUT2D eigenvalue weighted by atomic mass is 32.2. The molecule has 2 amide bonds. The average Bonchev–Trinajstić information content (AvgIpc) is 3.73. The third kappa shape index (κ3) is 19.0. The van der Waals surface area contributed by atoms with Crippen molar-refractivity contribution in [3.8, 4) is 0 Å². The zero-order chi connectivity index (χ0) is 48.8. The maximum Gasteiger partial charge on any atom is 0.481 e. The number of nitrogen functional groups attached to an aromatic ring is 1. The van der Waals surface area contributed by atoms with Crippen LogP contribution in [0.15, 0.2) is 24.8 Å². The van der Waals surface area contributed by atoms with E-state index in [4.69, 9.17) is 34.8 Å². The van der Waals surface area contributed by atoms with Crippen molar-refractivity contribution < 1.29 is 110 Å². The number of anilines is 1. The Hall–Kier alpha value is -4.29. The van der Waals surface area contributed by atoms with Gasteiger partial charge in [-0.3, -0.25) is 42.1 Å². The molecule has 34 heteroatoms. The summed E-state index contributed by atoms with van der Waals surface area (Å²) < 4.78 is 61.9. The number of carbonyl (C=O) groups is 6. The number of aliphatic carboxylic acids is 3. The number of amides is 2. The van der Waals surface area contributed by atoms with Crippen molar-refractivity contribution in [1.82, 2.24) is 30.2 Å². The number of aliphatic hydroxyl groups excluding tert-OH is 2. The molecule has 1 aliphatic rings. The number of fused-ring (bicyclic) bond motifs is 1. The summed E-state index contributed by atoms with van der Waals surface area (Å²) in [7, 11) is -16.4. The molecule has 64 heavy (non-hydrogen) atoms. The lowest BCUT2D eigenvalue weighted by molar-refractivity contribution is -0.139. The number of hydrogen-bond donors (Lipinski definition) is 12. The summed E-state index contributed by atoms with van der Waals surface area (Å²) in [6.45, 7) is 3.23. The number of aromatic nitrogens is 4. The van der Waals surface area contributed by atoms with E-state index < -0.39 is 109 Å². The van der Waals surface area contributed by atoms with Gasteiger partial charge in [-0.25, -0.2) is 33.4 Å². The van der Waals surface area contributed by atoms with Gasteiger partial charge >= 0.3 is 41.4 Å². The maximum absolute atomic E-state index is 12.6. The smallest absolute Gasteiger partial charge is 0.481 e. The number of carboxylic acids is 3. The molecule has 30 nitrogen and oxygen atoms in total. The molecule has 0 saturated carbocycles. The van der Waals surface area contributed by atoms with E-state index in [0.717, 1.165) is 29.0 Å². The molecule has 13 N–H and O–H groups in total. The zero-order valence-electron chi connectivity index (χ0n) is 33.5. The van der Waals surface area contributed by atoms with Gasteiger partial charge in [0.1, 0.15) is 36.3 Å². The van der Waals surface area contributed by atoms with Gasteiger partial charge in [0.05, 0.1) is 32.4 Å². The van der Waals surface area contributed by atoms with E-state index in [1.54, 1.807) is 0 Å². The van der Waals surface area contributed by atoms with E-state index in [9.17, 15) is 72.2 Å². The number of rotatable bonds is 25. The van der Waals surface area contributed by atoms with Gasteiger partial charge in [-0.2, -0.15) is 4.31 Å². The topological polar surface area (TPSA) is 476 Å². The fourth-order valence-corrected chi connectivity index (χ4v) is 8.34. The summed E-state index contributed by atoms with van der Waals surface area (Å²) in [5.41, 5.74) is 3.90. The number of carboxylic acid groups (broad SMARTS) is 3. The predicted octanol–water partition coefficient (Wildman–Crippen LogP) is -1.37. The molecule has 3 rings (SSSR count). The van der Waals surface area contributed by atoms with Crippen molar-refractivity contribution >= 4 is 87.0 Å². The molecule has 0 bridgehead atoms. The molecule has 360 valence electrons. The van der Waals surface area contributed by atoms with Gasteiger partial charge in [-0.15, -0.1) is 0 Å². The van der Waals surface area contributed by atoms with Crippen LogP contribution in [0.2, 0.25) is 0 Å². The highest BCUT2D eigenvalue weighted by Crippen LogP contribution is 2.61. The van der Waals surface area contributed by atoms with Crippen LogP contribution in [0.4, 0.5) is 5.82 Å². The Kier molecular flexibility index (Phi) is 21.2. The Morgan fingerprint density at radius 1 is 0.953 bits per heavy atom. The molecule has 7 atom stereocenters. The molecule has 2 aromatic heterocycles. The molecule has 0 aliphatic carbocycles. The van der Waals surface area contributed by atoms with Gasteiger partial charge in [0.15, 0.2) is 22.8 Å². The molecule has 1 saturated heterocycles. The first-order chi connectivity index (χ1) is 29.4.